The highest BCUT2D eigenvalue weighted by molar-refractivity contribution is 6.00. The highest BCUT2D eigenvalue weighted by Gasteiger charge is 2.39. The average Bonchev–Trinajstić information content (AvgIpc) is 2.69. The van der Waals surface area contributed by atoms with Crippen molar-refractivity contribution in [2.45, 2.75) is 33.1 Å². The first-order chi connectivity index (χ1) is 8.92. The van der Waals surface area contributed by atoms with Crippen LogP contribution in [0.2, 0.25) is 0 Å². The minimum atomic E-state index is -1.14. The van der Waals surface area contributed by atoms with Crippen LogP contribution in [-0.4, -0.2) is 22.0 Å². The van der Waals surface area contributed by atoms with Crippen LogP contribution in [0.1, 0.15) is 43.6 Å². The van der Waals surface area contributed by atoms with E-state index in [9.17, 15) is 9.59 Å². The maximum absolute atomic E-state index is 12.3. The van der Waals surface area contributed by atoms with Crippen molar-refractivity contribution in [1.82, 2.24) is 4.98 Å². The molecule has 1 aliphatic carbocycles. The number of aromatic nitrogens is 1. The summed E-state index contributed by atoms with van der Waals surface area (Å²) in [4.78, 5) is 27.1. The molecule has 1 amide bonds. The highest BCUT2D eigenvalue weighted by atomic mass is 16.4. The summed E-state index contributed by atoms with van der Waals surface area (Å²) in [5, 5.41) is 11.7. The zero-order valence-electron chi connectivity index (χ0n) is 11.1. The lowest BCUT2D eigenvalue weighted by molar-refractivity contribution is -0.122. The molecule has 1 saturated carbocycles. The fourth-order valence-corrected chi connectivity index (χ4v) is 2.71. The number of nitrogens with one attached hydrogen (secondary N) is 1. The molecule has 19 heavy (non-hydrogen) atoms. The highest BCUT2D eigenvalue weighted by Crippen LogP contribution is 2.43. The molecule has 1 aromatic heterocycles. The van der Waals surface area contributed by atoms with Crippen molar-refractivity contribution in [3.8, 4) is 0 Å². The lowest BCUT2D eigenvalue weighted by atomic mass is 9.81. The number of hydrogen-bond donors (Lipinski definition) is 2. The molecule has 0 saturated heterocycles. The third kappa shape index (κ3) is 2.75. The predicted octanol–water partition coefficient (Wildman–Crippen LogP) is 2.54. The van der Waals surface area contributed by atoms with E-state index in [1.807, 2.05) is 0 Å². The number of aromatic carboxylic acids is 1. The van der Waals surface area contributed by atoms with Crippen molar-refractivity contribution in [2.24, 2.45) is 11.3 Å². The van der Waals surface area contributed by atoms with Crippen LogP contribution in [0.15, 0.2) is 18.3 Å². The van der Waals surface area contributed by atoms with Crippen molar-refractivity contribution in [3.05, 3.63) is 24.0 Å². The molecule has 2 rings (SSSR count). The molecule has 0 spiro atoms. The van der Waals surface area contributed by atoms with E-state index in [-0.39, 0.29) is 28.6 Å². The molecule has 2 N–H and O–H groups in total. The number of carbonyl (C=O) groups is 2. The first kappa shape index (κ1) is 13.5. The van der Waals surface area contributed by atoms with Gasteiger partial charge in [-0.1, -0.05) is 20.3 Å². The summed E-state index contributed by atoms with van der Waals surface area (Å²) >= 11 is 0. The van der Waals surface area contributed by atoms with Gasteiger partial charge in [0.15, 0.2) is 5.69 Å². The molecule has 5 nitrogen and oxygen atoms in total. The van der Waals surface area contributed by atoms with Crippen molar-refractivity contribution in [3.63, 3.8) is 0 Å². The molecule has 0 aromatic carbocycles. The molecule has 1 atom stereocenters. The Balaban J connectivity index is 2.18. The van der Waals surface area contributed by atoms with E-state index in [2.05, 4.69) is 24.1 Å². The van der Waals surface area contributed by atoms with Crippen LogP contribution in [0.3, 0.4) is 0 Å². The Morgan fingerprint density at radius 2 is 2.21 bits per heavy atom. The van der Waals surface area contributed by atoms with E-state index in [0.29, 0.717) is 0 Å². The van der Waals surface area contributed by atoms with E-state index >= 15 is 0 Å². The van der Waals surface area contributed by atoms with Crippen molar-refractivity contribution in [2.75, 3.05) is 5.32 Å². The lowest BCUT2D eigenvalue weighted by Crippen LogP contribution is -2.31. The third-order valence-electron chi connectivity index (χ3n) is 3.84. The fraction of sp³-hybridized carbons (Fsp3) is 0.500. The summed E-state index contributed by atoms with van der Waals surface area (Å²) in [7, 11) is 0. The lowest BCUT2D eigenvalue weighted by Gasteiger charge is -2.26. The van der Waals surface area contributed by atoms with Crippen LogP contribution in [0, 0.1) is 11.3 Å². The summed E-state index contributed by atoms with van der Waals surface area (Å²) in [5.41, 5.74) is 0.115. The number of carboxylic acid groups (broad SMARTS) is 1. The number of amides is 1. The smallest absolute Gasteiger partial charge is 0.356 e. The van der Waals surface area contributed by atoms with E-state index in [1.54, 1.807) is 12.1 Å². The van der Waals surface area contributed by atoms with Crippen LogP contribution in [0.25, 0.3) is 0 Å². The van der Waals surface area contributed by atoms with E-state index in [4.69, 9.17) is 5.11 Å². The summed E-state index contributed by atoms with van der Waals surface area (Å²) in [6.07, 6.45) is 4.30. The molecular weight excluding hydrogens is 244 g/mol. The van der Waals surface area contributed by atoms with Gasteiger partial charge in [-0.25, -0.2) is 9.78 Å². The number of hydrogen-bond acceptors (Lipinski definition) is 3. The zero-order valence-corrected chi connectivity index (χ0v) is 11.1. The van der Waals surface area contributed by atoms with Gasteiger partial charge in [0.05, 0.1) is 5.69 Å². The molecular formula is C14H18N2O3. The molecule has 0 bridgehead atoms. The Morgan fingerprint density at radius 1 is 1.47 bits per heavy atom. The normalized spacial score (nSPS) is 21.1. The SMILES string of the molecule is CC1(C)CCCC1C(=O)Nc1cccnc1C(=O)O. The largest absolute Gasteiger partial charge is 0.476 e. The Hall–Kier alpha value is -1.91. The first-order valence-corrected chi connectivity index (χ1v) is 6.41. The van der Waals surface area contributed by atoms with Gasteiger partial charge in [-0.3, -0.25) is 4.79 Å². The molecule has 1 aliphatic rings. The number of rotatable bonds is 3. The summed E-state index contributed by atoms with van der Waals surface area (Å²) in [5.74, 6) is -1.33. The Kier molecular flexibility index (Phi) is 3.55. The maximum Gasteiger partial charge on any atom is 0.356 e. The molecule has 1 fully saturated rings. The third-order valence-corrected chi connectivity index (χ3v) is 3.84. The second-order valence-corrected chi connectivity index (χ2v) is 5.63. The minimum absolute atomic E-state index is 0.0321. The predicted molar refractivity (Wildman–Crippen MR) is 70.9 cm³/mol. The number of carbonyl (C=O) groups excluding carboxylic acids is 1. The molecule has 102 valence electrons. The van der Waals surface area contributed by atoms with Gasteiger partial charge >= 0.3 is 5.97 Å². The Morgan fingerprint density at radius 3 is 2.79 bits per heavy atom. The fourth-order valence-electron chi connectivity index (χ4n) is 2.71. The van der Waals surface area contributed by atoms with Gasteiger partial charge in [-0.05, 0) is 30.4 Å². The molecule has 1 unspecified atom stereocenters. The Labute approximate surface area is 112 Å². The Bertz CT molecular complexity index is 511. The van der Waals surface area contributed by atoms with Crippen LogP contribution in [-0.2, 0) is 4.79 Å². The number of pyridine rings is 1. The topological polar surface area (TPSA) is 79.3 Å². The van der Waals surface area contributed by atoms with E-state index in [0.717, 1.165) is 19.3 Å². The summed E-state index contributed by atoms with van der Waals surface area (Å²) in [6, 6.07) is 3.18. The molecule has 0 radical (unpaired) electrons. The van der Waals surface area contributed by atoms with Gasteiger partial charge in [0.25, 0.3) is 0 Å². The number of nitrogens with zero attached hydrogens (tertiary/aromatic N) is 1. The number of anilines is 1. The van der Waals surface area contributed by atoms with Gasteiger partial charge in [-0.2, -0.15) is 0 Å². The molecule has 1 aromatic rings. The van der Waals surface area contributed by atoms with Crippen molar-refractivity contribution in [1.29, 1.82) is 0 Å². The quantitative estimate of drug-likeness (QED) is 0.877. The maximum atomic E-state index is 12.3. The zero-order chi connectivity index (χ0) is 14.0. The van der Waals surface area contributed by atoms with Gasteiger partial charge < -0.3 is 10.4 Å². The van der Waals surface area contributed by atoms with Crippen LogP contribution < -0.4 is 5.32 Å². The monoisotopic (exact) mass is 262 g/mol. The van der Waals surface area contributed by atoms with Gasteiger partial charge in [0.1, 0.15) is 0 Å². The average molecular weight is 262 g/mol. The molecule has 1 heterocycles. The second-order valence-electron chi connectivity index (χ2n) is 5.63. The summed E-state index contributed by atoms with van der Waals surface area (Å²) < 4.78 is 0. The van der Waals surface area contributed by atoms with Gasteiger partial charge in [0, 0.05) is 12.1 Å². The van der Waals surface area contributed by atoms with Crippen molar-refractivity contribution >= 4 is 17.6 Å². The molecule has 5 heteroatoms. The van der Waals surface area contributed by atoms with Crippen molar-refractivity contribution < 1.29 is 14.7 Å². The first-order valence-electron chi connectivity index (χ1n) is 6.41. The second kappa shape index (κ2) is 4.99. The van der Waals surface area contributed by atoms with E-state index in [1.165, 1.54) is 6.20 Å². The minimum Gasteiger partial charge on any atom is -0.476 e. The molecule has 0 aliphatic heterocycles. The van der Waals surface area contributed by atoms with Crippen LogP contribution in [0.4, 0.5) is 5.69 Å². The van der Waals surface area contributed by atoms with Gasteiger partial charge in [-0.15, -0.1) is 0 Å². The summed E-state index contributed by atoms with van der Waals surface area (Å²) in [6.45, 7) is 4.15. The standard InChI is InChI=1S/C14H18N2O3/c1-14(2)7-3-5-9(14)12(17)16-10-6-4-8-15-11(10)13(18)19/h4,6,8-9H,3,5,7H2,1-2H3,(H,16,17)(H,18,19). The van der Waals surface area contributed by atoms with E-state index < -0.39 is 5.97 Å². The van der Waals surface area contributed by atoms with Gasteiger partial charge in [0.2, 0.25) is 5.91 Å². The van der Waals surface area contributed by atoms with Crippen LogP contribution >= 0.6 is 0 Å². The van der Waals surface area contributed by atoms with Crippen LogP contribution in [0.5, 0.6) is 0 Å². The number of carboxylic acids is 1.